The van der Waals surface area contributed by atoms with Crippen molar-refractivity contribution in [2.24, 2.45) is 5.92 Å². The second-order valence-corrected chi connectivity index (χ2v) is 5.26. The maximum Gasteiger partial charge on any atom is 0.241 e. The molecule has 21 heavy (non-hydrogen) atoms. The van der Waals surface area contributed by atoms with Gasteiger partial charge in [-0.25, -0.2) is 0 Å². The zero-order valence-corrected chi connectivity index (χ0v) is 11.8. The summed E-state index contributed by atoms with van der Waals surface area (Å²) in [5, 5.41) is 7.01. The Morgan fingerprint density at radius 3 is 2.95 bits per heavy atom. The van der Waals surface area contributed by atoms with E-state index in [4.69, 9.17) is 4.74 Å². The molecule has 5 nitrogen and oxygen atoms in total. The van der Waals surface area contributed by atoms with Crippen LogP contribution in [0, 0.1) is 5.92 Å². The Morgan fingerprint density at radius 2 is 2.19 bits per heavy atom. The van der Waals surface area contributed by atoms with Gasteiger partial charge in [-0.2, -0.15) is 5.10 Å². The lowest BCUT2D eigenvalue weighted by Crippen LogP contribution is -2.33. The van der Waals surface area contributed by atoms with Gasteiger partial charge in [-0.1, -0.05) is 30.3 Å². The number of benzene rings is 1. The smallest absolute Gasteiger partial charge is 0.241 e. The van der Waals surface area contributed by atoms with Crippen molar-refractivity contribution < 1.29 is 9.53 Å². The minimum atomic E-state index is -0.0163. The number of hydrogen-bond donors (Lipinski definition) is 1. The van der Waals surface area contributed by atoms with Crippen LogP contribution >= 0.6 is 0 Å². The third-order valence-electron chi connectivity index (χ3n) is 3.77. The molecular formula is C16H19N3O2. The highest BCUT2D eigenvalue weighted by atomic mass is 16.5. The summed E-state index contributed by atoms with van der Waals surface area (Å²) in [6, 6.07) is 12.0. The summed E-state index contributed by atoms with van der Waals surface area (Å²) in [4.78, 5) is 11.9. The van der Waals surface area contributed by atoms with Crippen molar-refractivity contribution >= 4 is 5.91 Å². The van der Waals surface area contributed by atoms with E-state index in [1.165, 1.54) is 5.56 Å². The normalized spacial score (nSPS) is 21.3. The van der Waals surface area contributed by atoms with Gasteiger partial charge in [-0.05, 0) is 18.1 Å². The molecule has 5 heteroatoms. The predicted molar refractivity (Wildman–Crippen MR) is 78.5 cm³/mol. The van der Waals surface area contributed by atoms with Crippen LogP contribution in [-0.2, 0) is 16.1 Å². The van der Waals surface area contributed by atoms with Crippen molar-refractivity contribution in [3.8, 4) is 0 Å². The standard InChI is InChI=1S/C16H19N3O2/c20-15(12-19-9-4-8-18-19)17-11-14-7-10-21-16(14)13-5-2-1-3-6-13/h1-6,8-9,14,16H,7,10-12H2,(H,17,20)/t14-,16-/m1/s1. The fourth-order valence-electron chi connectivity index (χ4n) is 2.70. The van der Waals surface area contributed by atoms with E-state index < -0.39 is 0 Å². The third-order valence-corrected chi connectivity index (χ3v) is 3.77. The van der Waals surface area contributed by atoms with Crippen LogP contribution in [0.15, 0.2) is 48.8 Å². The first-order valence-electron chi connectivity index (χ1n) is 7.23. The van der Waals surface area contributed by atoms with Gasteiger partial charge < -0.3 is 10.1 Å². The van der Waals surface area contributed by atoms with Crippen molar-refractivity contribution in [1.29, 1.82) is 0 Å². The summed E-state index contributed by atoms with van der Waals surface area (Å²) in [5.41, 5.74) is 1.18. The summed E-state index contributed by atoms with van der Waals surface area (Å²) in [7, 11) is 0. The molecule has 0 radical (unpaired) electrons. The molecule has 0 unspecified atom stereocenters. The van der Waals surface area contributed by atoms with Crippen LogP contribution < -0.4 is 5.32 Å². The first-order valence-corrected chi connectivity index (χ1v) is 7.23. The largest absolute Gasteiger partial charge is 0.373 e. The molecule has 1 aliphatic heterocycles. The molecule has 3 rings (SSSR count). The molecule has 0 aliphatic carbocycles. The van der Waals surface area contributed by atoms with Crippen molar-refractivity contribution in [2.45, 2.75) is 19.1 Å². The highest BCUT2D eigenvalue weighted by Crippen LogP contribution is 2.33. The maximum atomic E-state index is 11.9. The van der Waals surface area contributed by atoms with Crippen LogP contribution in [0.4, 0.5) is 0 Å². The van der Waals surface area contributed by atoms with E-state index in [0.29, 0.717) is 12.5 Å². The van der Waals surface area contributed by atoms with E-state index in [9.17, 15) is 4.79 Å². The molecule has 110 valence electrons. The predicted octanol–water partition coefficient (Wildman–Crippen LogP) is 1.78. The van der Waals surface area contributed by atoms with E-state index in [-0.39, 0.29) is 18.6 Å². The highest BCUT2D eigenvalue weighted by molar-refractivity contribution is 5.75. The van der Waals surface area contributed by atoms with Gasteiger partial charge in [0.15, 0.2) is 0 Å². The monoisotopic (exact) mass is 285 g/mol. The summed E-state index contributed by atoms with van der Waals surface area (Å²) < 4.78 is 7.44. The topological polar surface area (TPSA) is 56.2 Å². The molecule has 1 fully saturated rings. The summed E-state index contributed by atoms with van der Waals surface area (Å²) >= 11 is 0. The molecule has 1 N–H and O–H groups in total. The lowest BCUT2D eigenvalue weighted by Gasteiger charge is -2.19. The van der Waals surface area contributed by atoms with E-state index in [1.54, 1.807) is 17.1 Å². The number of nitrogens with zero attached hydrogens (tertiary/aromatic N) is 2. The second-order valence-electron chi connectivity index (χ2n) is 5.26. The molecule has 1 amide bonds. The molecule has 1 aromatic heterocycles. The summed E-state index contributed by atoms with van der Waals surface area (Å²) in [5.74, 6) is 0.311. The van der Waals surface area contributed by atoms with Crippen molar-refractivity contribution in [2.75, 3.05) is 13.2 Å². The highest BCUT2D eigenvalue weighted by Gasteiger charge is 2.29. The van der Waals surface area contributed by atoms with Gasteiger partial charge >= 0.3 is 0 Å². The van der Waals surface area contributed by atoms with Gasteiger partial charge in [0, 0.05) is 31.5 Å². The van der Waals surface area contributed by atoms with Gasteiger partial charge in [0.25, 0.3) is 0 Å². The van der Waals surface area contributed by atoms with E-state index in [2.05, 4.69) is 22.5 Å². The van der Waals surface area contributed by atoms with E-state index >= 15 is 0 Å². The fourth-order valence-corrected chi connectivity index (χ4v) is 2.70. The van der Waals surface area contributed by atoms with Crippen molar-refractivity contribution in [1.82, 2.24) is 15.1 Å². The van der Waals surface area contributed by atoms with Crippen LogP contribution in [-0.4, -0.2) is 28.8 Å². The molecule has 1 aromatic carbocycles. The van der Waals surface area contributed by atoms with Crippen molar-refractivity contribution in [3.05, 3.63) is 54.4 Å². The third kappa shape index (κ3) is 3.49. The lowest BCUT2D eigenvalue weighted by molar-refractivity contribution is -0.122. The summed E-state index contributed by atoms with van der Waals surface area (Å²) in [6.07, 6.45) is 4.51. The number of carbonyl (C=O) groups excluding carboxylic acids is 1. The Hall–Kier alpha value is -2.14. The molecule has 2 aromatic rings. The SMILES string of the molecule is O=C(Cn1cccn1)NC[C@H]1CCO[C@@H]1c1ccccc1. The number of aromatic nitrogens is 2. The van der Waals surface area contributed by atoms with Gasteiger partial charge in [0.1, 0.15) is 6.54 Å². The minimum absolute atomic E-state index is 0.0163. The molecule has 1 saturated heterocycles. The van der Waals surface area contributed by atoms with Gasteiger partial charge in [0.2, 0.25) is 5.91 Å². The number of amides is 1. The van der Waals surface area contributed by atoms with Gasteiger partial charge in [-0.3, -0.25) is 9.48 Å². The second kappa shape index (κ2) is 6.54. The van der Waals surface area contributed by atoms with Crippen molar-refractivity contribution in [3.63, 3.8) is 0 Å². The number of ether oxygens (including phenoxy) is 1. The summed E-state index contributed by atoms with van der Waals surface area (Å²) in [6.45, 7) is 1.65. The lowest BCUT2D eigenvalue weighted by atomic mass is 9.95. The average Bonchev–Trinajstić information content (AvgIpc) is 3.17. The first-order chi connectivity index (χ1) is 10.3. The van der Waals surface area contributed by atoms with Crippen LogP contribution in [0.5, 0.6) is 0 Å². The van der Waals surface area contributed by atoms with E-state index in [0.717, 1.165) is 13.0 Å². The Balaban J connectivity index is 1.53. The molecular weight excluding hydrogens is 266 g/mol. The Labute approximate surface area is 123 Å². The van der Waals surface area contributed by atoms with Gasteiger partial charge in [0.05, 0.1) is 6.10 Å². The molecule has 1 aliphatic rings. The van der Waals surface area contributed by atoms with Crippen LogP contribution in [0.2, 0.25) is 0 Å². The average molecular weight is 285 g/mol. The Bertz CT molecular complexity index is 568. The molecule has 0 bridgehead atoms. The Morgan fingerprint density at radius 1 is 1.33 bits per heavy atom. The number of nitrogens with one attached hydrogen (secondary N) is 1. The quantitative estimate of drug-likeness (QED) is 0.911. The number of rotatable bonds is 5. The molecule has 2 heterocycles. The Kier molecular flexibility index (Phi) is 4.31. The maximum absolute atomic E-state index is 11.9. The van der Waals surface area contributed by atoms with Crippen LogP contribution in [0.25, 0.3) is 0 Å². The number of hydrogen-bond acceptors (Lipinski definition) is 3. The first kappa shape index (κ1) is 13.8. The van der Waals surface area contributed by atoms with Crippen LogP contribution in [0.1, 0.15) is 18.1 Å². The van der Waals surface area contributed by atoms with E-state index in [1.807, 2.05) is 24.3 Å². The zero-order valence-electron chi connectivity index (χ0n) is 11.8. The molecule has 2 atom stereocenters. The fraction of sp³-hybridized carbons (Fsp3) is 0.375. The minimum Gasteiger partial charge on any atom is -0.373 e. The molecule has 0 saturated carbocycles. The van der Waals surface area contributed by atoms with Gasteiger partial charge in [-0.15, -0.1) is 0 Å². The number of carbonyl (C=O) groups is 1. The van der Waals surface area contributed by atoms with Crippen LogP contribution in [0.3, 0.4) is 0 Å². The molecule has 0 spiro atoms. The zero-order chi connectivity index (χ0) is 14.5.